The maximum absolute atomic E-state index is 5.14. The average Bonchev–Trinajstić information content (AvgIpc) is 2.41. The third-order valence-electron chi connectivity index (χ3n) is 2.64. The molecule has 1 aromatic carbocycles. The summed E-state index contributed by atoms with van der Waals surface area (Å²) in [4.78, 5) is 8.20. The van der Waals surface area contributed by atoms with Crippen LogP contribution in [0, 0.1) is 3.57 Å². The smallest absolute Gasteiger partial charge is 0.143 e. The lowest BCUT2D eigenvalue weighted by Gasteiger charge is -2.16. The summed E-state index contributed by atoms with van der Waals surface area (Å²) in [6, 6.07) is 8.19. The SMILES string of the molecule is COc1ccc(C(C)Nc2ncncc2I)cc1. The Balaban J connectivity index is 2.11. The number of halogens is 1. The highest BCUT2D eigenvalue weighted by molar-refractivity contribution is 14.1. The van der Waals surface area contributed by atoms with Crippen molar-refractivity contribution in [1.82, 2.24) is 9.97 Å². The highest BCUT2D eigenvalue weighted by atomic mass is 127. The second-order valence-corrected chi connectivity index (χ2v) is 5.02. The molecule has 0 aliphatic rings. The fourth-order valence-electron chi connectivity index (χ4n) is 1.60. The van der Waals surface area contributed by atoms with E-state index in [-0.39, 0.29) is 6.04 Å². The summed E-state index contributed by atoms with van der Waals surface area (Å²) in [7, 11) is 1.67. The molecular formula is C13H14IN3O. The molecule has 0 aliphatic heterocycles. The Morgan fingerprint density at radius 3 is 2.61 bits per heavy atom. The molecular weight excluding hydrogens is 341 g/mol. The summed E-state index contributed by atoms with van der Waals surface area (Å²) in [5.41, 5.74) is 1.19. The molecule has 2 rings (SSSR count). The first kappa shape index (κ1) is 13.1. The van der Waals surface area contributed by atoms with Gasteiger partial charge in [0.25, 0.3) is 0 Å². The Hall–Kier alpha value is -1.37. The summed E-state index contributed by atoms with van der Waals surface area (Å²) < 4.78 is 6.15. The minimum atomic E-state index is 0.180. The van der Waals surface area contributed by atoms with Gasteiger partial charge in [-0.3, -0.25) is 0 Å². The number of hydrogen-bond acceptors (Lipinski definition) is 4. The molecule has 1 N–H and O–H groups in total. The van der Waals surface area contributed by atoms with Crippen molar-refractivity contribution < 1.29 is 4.74 Å². The minimum Gasteiger partial charge on any atom is -0.497 e. The molecule has 0 aliphatic carbocycles. The van der Waals surface area contributed by atoms with E-state index in [9.17, 15) is 0 Å². The van der Waals surface area contributed by atoms with E-state index in [1.165, 1.54) is 5.56 Å². The van der Waals surface area contributed by atoms with Crippen LogP contribution in [0.4, 0.5) is 5.82 Å². The van der Waals surface area contributed by atoms with Gasteiger partial charge in [0.1, 0.15) is 17.9 Å². The molecule has 18 heavy (non-hydrogen) atoms. The van der Waals surface area contributed by atoms with Gasteiger partial charge in [-0.25, -0.2) is 9.97 Å². The lowest BCUT2D eigenvalue weighted by atomic mass is 10.1. The summed E-state index contributed by atoms with van der Waals surface area (Å²) in [6.45, 7) is 2.10. The molecule has 1 atom stereocenters. The van der Waals surface area contributed by atoms with Crippen LogP contribution >= 0.6 is 22.6 Å². The first-order valence-corrected chi connectivity index (χ1v) is 6.64. The van der Waals surface area contributed by atoms with Crippen molar-refractivity contribution in [2.24, 2.45) is 0 Å². The molecule has 2 aromatic rings. The highest BCUT2D eigenvalue weighted by Gasteiger charge is 2.08. The van der Waals surface area contributed by atoms with Gasteiger partial charge in [-0.1, -0.05) is 12.1 Å². The lowest BCUT2D eigenvalue weighted by molar-refractivity contribution is 0.414. The summed E-state index contributed by atoms with van der Waals surface area (Å²) in [5, 5.41) is 3.36. The largest absolute Gasteiger partial charge is 0.497 e. The van der Waals surface area contributed by atoms with Crippen molar-refractivity contribution in [2.75, 3.05) is 12.4 Å². The van der Waals surface area contributed by atoms with Crippen LogP contribution in [0.5, 0.6) is 5.75 Å². The average molecular weight is 355 g/mol. The van der Waals surface area contributed by atoms with Crippen LogP contribution < -0.4 is 10.1 Å². The second-order valence-electron chi connectivity index (χ2n) is 3.86. The molecule has 0 radical (unpaired) electrons. The topological polar surface area (TPSA) is 47.0 Å². The molecule has 1 aromatic heterocycles. The number of hydrogen-bond donors (Lipinski definition) is 1. The first-order valence-electron chi connectivity index (χ1n) is 5.56. The molecule has 0 amide bonds. The normalized spacial score (nSPS) is 11.9. The van der Waals surface area contributed by atoms with Gasteiger partial charge in [0.15, 0.2) is 0 Å². The summed E-state index contributed by atoms with van der Waals surface area (Å²) >= 11 is 2.22. The van der Waals surface area contributed by atoms with Crippen molar-refractivity contribution in [3.05, 3.63) is 45.9 Å². The lowest BCUT2D eigenvalue weighted by Crippen LogP contribution is -2.09. The fraction of sp³-hybridized carbons (Fsp3) is 0.231. The summed E-state index contributed by atoms with van der Waals surface area (Å²) in [5.74, 6) is 1.72. The van der Waals surface area contributed by atoms with E-state index in [1.54, 1.807) is 19.6 Å². The molecule has 0 saturated heterocycles. The number of rotatable bonds is 4. The number of methoxy groups -OCH3 is 1. The van der Waals surface area contributed by atoms with E-state index in [1.807, 2.05) is 24.3 Å². The van der Waals surface area contributed by atoms with Gasteiger partial charge in [0.05, 0.1) is 10.7 Å². The Kier molecular flexibility index (Phi) is 4.35. The van der Waals surface area contributed by atoms with E-state index in [0.717, 1.165) is 15.1 Å². The second kappa shape index (κ2) is 5.99. The van der Waals surface area contributed by atoms with Crippen molar-refractivity contribution >= 4 is 28.4 Å². The zero-order valence-corrected chi connectivity index (χ0v) is 12.4. The molecule has 0 fully saturated rings. The monoisotopic (exact) mass is 355 g/mol. The third-order valence-corrected chi connectivity index (χ3v) is 3.43. The standard InChI is InChI=1S/C13H14IN3O/c1-9(10-3-5-11(18-2)6-4-10)17-13-12(14)7-15-8-16-13/h3-9H,1-2H3,(H,15,16,17). The number of benzene rings is 1. The van der Waals surface area contributed by atoms with Crippen molar-refractivity contribution in [3.8, 4) is 5.75 Å². The maximum atomic E-state index is 5.14. The highest BCUT2D eigenvalue weighted by Crippen LogP contribution is 2.22. The first-order chi connectivity index (χ1) is 8.70. The van der Waals surface area contributed by atoms with E-state index in [0.29, 0.717) is 0 Å². The molecule has 94 valence electrons. The predicted molar refractivity (Wildman–Crippen MR) is 79.8 cm³/mol. The van der Waals surface area contributed by atoms with Gasteiger partial charge in [-0.2, -0.15) is 0 Å². The van der Waals surface area contributed by atoms with Crippen LogP contribution in [0.15, 0.2) is 36.8 Å². The number of anilines is 1. The van der Waals surface area contributed by atoms with E-state index >= 15 is 0 Å². The Morgan fingerprint density at radius 1 is 1.28 bits per heavy atom. The van der Waals surface area contributed by atoms with Gasteiger partial charge >= 0.3 is 0 Å². The molecule has 4 nitrogen and oxygen atoms in total. The van der Waals surface area contributed by atoms with Gasteiger partial charge in [-0.05, 0) is 47.2 Å². The maximum Gasteiger partial charge on any atom is 0.143 e. The van der Waals surface area contributed by atoms with Gasteiger partial charge in [0, 0.05) is 12.2 Å². The molecule has 1 unspecified atom stereocenters. The van der Waals surface area contributed by atoms with Crippen LogP contribution in [-0.4, -0.2) is 17.1 Å². The zero-order chi connectivity index (χ0) is 13.0. The van der Waals surface area contributed by atoms with Crippen LogP contribution in [0.25, 0.3) is 0 Å². The predicted octanol–water partition coefficient (Wildman–Crippen LogP) is 3.26. The number of aromatic nitrogens is 2. The number of nitrogens with one attached hydrogen (secondary N) is 1. The van der Waals surface area contributed by atoms with E-state index in [4.69, 9.17) is 4.74 Å². The van der Waals surface area contributed by atoms with Gasteiger partial charge in [0.2, 0.25) is 0 Å². The fourth-order valence-corrected chi connectivity index (χ4v) is 2.06. The quantitative estimate of drug-likeness (QED) is 0.856. The summed E-state index contributed by atoms with van der Waals surface area (Å²) in [6.07, 6.45) is 3.34. The molecule has 0 spiro atoms. The molecule has 0 saturated carbocycles. The Morgan fingerprint density at radius 2 is 2.00 bits per heavy atom. The van der Waals surface area contributed by atoms with Crippen LogP contribution in [0.3, 0.4) is 0 Å². The van der Waals surface area contributed by atoms with Crippen molar-refractivity contribution in [3.63, 3.8) is 0 Å². The van der Waals surface area contributed by atoms with Crippen LogP contribution in [0.1, 0.15) is 18.5 Å². The van der Waals surface area contributed by atoms with Crippen LogP contribution in [-0.2, 0) is 0 Å². The van der Waals surface area contributed by atoms with Crippen molar-refractivity contribution in [2.45, 2.75) is 13.0 Å². The van der Waals surface area contributed by atoms with Gasteiger partial charge in [-0.15, -0.1) is 0 Å². The zero-order valence-electron chi connectivity index (χ0n) is 10.2. The third kappa shape index (κ3) is 3.10. The van der Waals surface area contributed by atoms with E-state index in [2.05, 4.69) is 44.8 Å². The van der Waals surface area contributed by atoms with E-state index < -0.39 is 0 Å². The molecule has 0 bridgehead atoms. The molecule has 1 heterocycles. The number of nitrogens with zero attached hydrogens (tertiary/aromatic N) is 2. The van der Waals surface area contributed by atoms with Crippen LogP contribution in [0.2, 0.25) is 0 Å². The van der Waals surface area contributed by atoms with Crippen molar-refractivity contribution in [1.29, 1.82) is 0 Å². The Labute approximate surface area is 120 Å². The molecule has 5 heteroatoms. The van der Waals surface area contributed by atoms with Gasteiger partial charge < -0.3 is 10.1 Å². The number of ether oxygens (including phenoxy) is 1. The Bertz CT molecular complexity index is 516. The minimum absolute atomic E-state index is 0.180.